The lowest BCUT2D eigenvalue weighted by atomic mass is 9.93. The molecule has 0 aromatic heterocycles. The van der Waals surface area contributed by atoms with Crippen molar-refractivity contribution in [3.63, 3.8) is 0 Å². The number of carboxylic acid groups (broad SMARTS) is 1. The molecule has 0 aliphatic heterocycles. The van der Waals surface area contributed by atoms with Gasteiger partial charge in [-0.2, -0.15) is 0 Å². The molecule has 1 aliphatic rings. The third-order valence-corrected chi connectivity index (χ3v) is 2.24. The first-order valence-electron chi connectivity index (χ1n) is 4.33. The van der Waals surface area contributed by atoms with Crippen LogP contribution in [0.2, 0.25) is 0 Å². The molecule has 2 atom stereocenters. The largest absolute Gasteiger partial charge is 0.480 e. The summed E-state index contributed by atoms with van der Waals surface area (Å²) < 4.78 is 0. The Bertz CT molecular complexity index is 160. The second-order valence-corrected chi connectivity index (χ2v) is 3.23. The average Bonchev–Trinajstić information content (AvgIpc) is 2.03. The van der Waals surface area contributed by atoms with E-state index in [9.17, 15) is 9.90 Å². The van der Waals surface area contributed by atoms with Gasteiger partial charge in [-0.1, -0.05) is 12.8 Å². The molecule has 1 saturated carbocycles. The molecule has 4 heteroatoms. The SMILES string of the molecule is O=C(O)CNC1CCCCC1O. The van der Waals surface area contributed by atoms with Crippen molar-refractivity contribution in [1.29, 1.82) is 0 Å². The minimum absolute atomic E-state index is 0.0187. The second kappa shape index (κ2) is 4.42. The van der Waals surface area contributed by atoms with Gasteiger partial charge in [-0.3, -0.25) is 4.79 Å². The Labute approximate surface area is 71.6 Å². The van der Waals surface area contributed by atoms with Crippen molar-refractivity contribution >= 4 is 5.97 Å². The highest BCUT2D eigenvalue weighted by molar-refractivity contribution is 5.69. The summed E-state index contributed by atoms with van der Waals surface area (Å²) in [6.07, 6.45) is 3.44. The minimum Gasteiger partial charge on any atom is -0.480 e. The van der Waals surface area contributed by atoms with E-state index in [1.54, 1.807) is 0 Å². The molecule has 0 amide bonds. The first kappa shape index (κ1) is 9.48. The number of aliphatic hydroxyl groups excluding tert-OH is 1. The standard InChI is InChI=1S/C8H15NO3/c10-7-4-2-1-3-6(7)9-5-8(11)12/h6-7,9-10H,1-5H2,(H,11,12). The van der Waals surface area contributed by atoms with Crippen LogP contribution in [-0.4, -0.2) is 34.9 Å². The van der Waals surface area contributed by atoms with Crippen LogP contribution in [-0.2, 0) is 4.79 Å². The summed E-state index contributed by atoms with van der Waals surface area (Å²) >= 11 is 0. The van der Waals surface area contributed by atoms with Crippen LogP contribution in [0.3, 0.4) is 0 Å². The molecule has 3 N–H and O–H groups in total. The molecule has 0 spiro atoms. The van der Waals surface area contributed by atoms with E-state index < -0.39 is 5.97 Å². The van der Waals surface area contributed by atoms with E-state index in [-0.39, 0.29) is 18.7 Å². The van der Waals surface area contributed by atoms with E-state index in [0.717, 1.165) is 25.7 Å². The van der Waals surface area contributed by atoms with Crippen LogP contribution < -0.4 is 5.32 Å². The molecule has 1 aliphatic carbocycles. The van der Waals surface area contributed by atoms with Gasteiger partial charge in [0.15, 0.2) is 0 Å². The molecular formula is C8H15NO3. The molecule has 4 nitrogen and oxygen atoms in total. The summed E-state index contributed by atoms with van der Waals surface area (Å²) in [5.74, 6) is -0.868. The van der Waals surface area contributed by atoms with Gasteiger partial charge in [0.05, 0.1) is 12.6 Å². The predicted octanol–water partition coefficient (Wildman–Crippen LogP) is -0.0359. The molecule has 12 heavy (non-hydrogen) atoms. The van der Waals surface area contributed by atoms with Crippen LogP contribution in [0.1, 0.15) is 25.7 Å². The van der Waals surface area contributed by atoms with Gasteiger partial charge >= 0.3 is 5.97 Å². The Morgan fingerprint density at radius 1 is 1.42 bits per heavy atom. The lowest BCUT2D eigenvalue weighted by molar-refractivity contribution is -0.136. The maximum Gasteiger partial charge on any atom is 0.317 e. The minimum atomic E-state index is -0.868. The Morgan fingerprint density at radius 3 is 2.67 bits per heavy atom. The van der Waals surface area contributed by atoms with Gasteiger partial charge in [0, 0.05) is 6.04 Å². The number of hydrogen-bond acceptors (Lipinski definition) is 3. The number of carboxylic acids is 1. The van der Waals surface area contributed by atoms with E-state index in [1.165, 1.54) is 0 Å². The van der Waals surface area contributed by atoms with Crippen LogP contribution in [0.25, 0.3) is 0 Å². The molecule has 70 valence electrons. The Morgan fingerprint density at radius 2 is 2.08 bits per heavy atom. The fourth-order valence-corrected chi connectivity index (χ4v) is 1.57. The summed E-state index contributed by atoms with van der Waals surface area (Å²) in [5.41, 5.74) is 0. The number of rotatable bonds is 3. The summed E-state index contributed by atoms with van der Waals surface area (Å²) in [5, 5.41) is 20.6. The Kier molecular flexibility index (Phi) is 3.49. The molecule has 0 radical (unpaired) electrons. The third-order valence-electron chi connectivity index (χ3n) is 2.24. The van der Waals surface area contributed by atoms with Crippen molar-refractivity contribution < 1.29 is 15.0 Å². The van der Waals surface area contributed by atoms with Gasteiger partial charge in [-0.25, -0.2) is 0 Å². The Hall–Kier alpha value is -0.610. The van der Waals surface area contributed by atoms with Gasteiger partial charge in [-0.15, -0.1) is 0 Å². The van der Waals surface area contributed by atoms with Gasteiger partial charge in [0.1, 0.15) is 0 Å². The van der Waals surface area contributed by atoms with Crippen molar-refractivity contribution in [2.45, 2.75) is 37.8 Å². The van der Waals surface area contributed by atoms with E-state index in [4.69, 9.17) is 5.11 Å². The molecular weight excluding hydrogens is 158 g/mol. The number of hydrogen-bond donors (Lipinski definition) is 3. The fourth-order valence-electron chi connectivity index (χ4n) is 1.57. The Balaban J connectivity index is 2.24. The van der Waals surface area contributed by atoms with Crippen molar-refractivity contribution in [3.05, 3.63) is 0 Å². The molecule has 1 fully saturated rings. The average molecular weight is 173 g/mol. The van der Waals surface area contributed by atoms with Crippen LogP contribution in [0.15, 0.2) is 0 Å². The molecule has 0 bridgehead atoms. The number of aliphatic carboxylic acids is 1. The third kappa shape index (κ3) is 2.79. The lowest BCUT2D eigenvalue weighted by Crippen LogP contribution is -2.44. The molecule has 0 saturated heterocycles. The van der Waals surface area contributed by atoms with Crippen LogP contribution >= 0.6 is 0 Å². The summed E-state index contributed by atoms with van der Waals surface area (Å²) in [6, 6.07) is -0.0187. The first-order valence-corrected chi connectivity index (χ1v) is 4.33. The van der Waals surface area contributed by atoms with Gasteiger partial charge < -0.3 is 15.5 Å². The summed E-state index contributed by atoms with van der Waals surface area (Å²) in [7, 11) is 0. The number of nitrogens with one attached hydrogen (secondary N) is 1. The number of aliphatic hydroxyl groups is 1. The van der Waals surface area contributed by atoms with Crippen molar-refractivity contribution in [3.8, 4) is 0 Å². The normalized spacial score (nSPS) is 30.1. The molecule has 0 aromatic rings. The van der Waals surface area contributed by atoms with E-state index in [0.29, 0.717) is 0 Å². The maximum atomic E-state index is 10.2. The lowest BCUT2D eigenvalue weighted by Gasteiger charge is -2.27. The van der Waals surface area contributed by atoms with E-state index >= 15 is 0 Å². The predicted molar refractivity (Wildman–Crippen MR) is 43.9 cm³/mol. The zero-order valence-electron chi connectivity index (χ0n) is 6.99. The smallest absolute Gasteiger partial charge is 0.317 e. The monoisotopic (exact) mass is 173 g/mol. The number of carbonyl (C=O) groups is 1. The van der Waals surface area contributed by atoms with Gasteiger partial charge in [-0.05, 0) is 12.8 Å². The zero-order chi connectivity index (χ0) is 8.97. The van der Waals surface area contributed by atoms with Gasteiger partial charge in [0.25, 0.3) is 0 Å². The molecule has 1 rings (SSSR count). The summed E-state index contributed by atoms with van der Waals surface area (Å²) in [6.45, 7) is -0.0538. The van der Waals surface area contributed by atoms with Gasteiger partial charge in [0.2, 0.25) is 0 Å². The quantitative estimate of drug-likeness (QED) is 0.560. The molecule has 2 unspecified atom stereocenters. The van der Waals surface area contributed by atoms with Crippen LogP contribution in [0.5, 0.6) is 0 Å². The van der Waals surface area contributed by atoms with E-state index in [1.807, 2.05) is 0 Å². The highest BCUT2D eigenvalue weighted by Crippen LogP contribution is 2.17. The highest BCUT2D eigenvalue weighted by Gasteiger charge is 2.22. The topological polar surface area (TPSA) is 69.6 Å². The summed E-state index contributed by atoms with van der Waals surface area (Å²) in [4.78, 5) is 10.2. The second-order valence-electron chi connectivity index (χ2n) is 3.23. The molecule has 0 heterocycles. The molecule has 0 aromatic carbocycles. The van der Waals surface area contributed by atoms with Crippen molar-refractivity contribution in [1.82, 2.24) is 5.32 Å². The van der Waals surface area contributed by atoms with Crippen LogP contribution in [0, 0.1) is 0 Å². The van der Waals surface area contributed by atoms with Crippen molar-refractivity contribution in [2.24, 2.45) is 0 Å². The zero-order valence-corrected chi connectivity index (χ0v) is 6.99. The fraction of sp³-hybridized carbons (Fsp3) is 0.875. The van der Waals surface area contributed by atoms with E-state index in [2.05, 4.69) is 5.32 Å². The first-order chi connectivity index (χ1) is 5.70. The maximum absolute atomic E-state index is 10.2. The van der Waals surface area contributed by atoms with Crippen LogP contribution in [0.4, 0.5) is 0 Å². The highest BCUT2D eigenvalue weighted by atomic mass is 16.4. The van der Waals surface area contributed by atoms with Crippen molar-refractivity contribution in [2.75, 3.05) is 6.54 Å².